The SMILES string of the molecule is Cc1c(C(=O)N[C@H](Cc2ncn[nH]2)c2ccccc2)cnn1-c1ccc(F)cc1. The lowest BCUT2D eigenvalue weighted by Crippen LogP contribution is -2.30. The molecule has 2 heterocycles. The Bertz CT molecular complexity index is 1090. The van der Waals surface area contributed by atoms with Crippen molar-refractivity contribution >= 4 is 5.91 Å². The summed E-state index contributed by atoms with van der Waals surface area (Å²) in [5.74, 6) is 0.108. The number of carbonyl (C=O) groups excluding carboxylic acids is 1. The molecular formula is C21H19FN6O. The summed E-state index contributed by atoms with van der Waals surface area (Å²) in [4.78, 5) is 17.2. The molecule has 0 aliphatic heterocycles. The van der Waals surface area contributed by atoms with Crippen LogP contribution in [0.4, 0.5) is 4.39 Å². The zero-order valence-electron chi connectivity index (χ0n) is 15.7. The first-order valence-corrected chi connectivity index (χ1v) is 9.12. The summed E-state index contributed by atoms with van der Waals surface area (Å²) in [6.07, 6.45) is 3.43. The van der Waals surface area contributed by atoms with Gasteiger partial charge in [0.25, 0.3) is 5.91 Å². The van der Waals surface area contributed by atoms with E-state index in [1.54, 1.807) is 23.7 Å². The first-order valence-electron chi connectivity index (χ1n) is 9.12. The molecule has 0 radical (unpaired) electrons. The number of amides is 1. The summed E-state index contributed by atoms with van der Waals surface area (Å²) >= 11 is 0. The van der Waals surface area contributed by atoms with Crippen LogP contribution in [0.15, 0.2) is 67.1 Å². The highest BCUT2D eigenvalue weighted by Crippen LogP contribution is 2.19. The molecule has 0 saturated heterocycles. The van der Waals surface area contributed by atoms with Crippen LogP contribution in [0.1, 0.15) is 33.5 Å². The van der Waals surface area contributed by atoms with Crippen LogP contribution in [0.25, 0.3) is 5.69 Å². The van der Waals surface area contributed by atoms with Gasteiger partial charge in [-0.2, -0.15) is 10.2 Å². The van der Waals surface area contributed by atoms with Gasteiger partial charge in [0.15, 0.2) is 0 Å². The monoisotopic (exact) mass is 390 g/mol. The maximum absolute atomic E-state index is 13.2. The van der Waals surface area contributed by atoms with Crippen LogP contribution in [0.2, 0.25) is 0 Å². The molecule has 0 aliphatic rings. The lowest BCUT2D eigenvalue weighted by molar-refractivity contribution is 0.0935. The van der Waals surface area contributed by atoms with Crippen molar-refractivity contribution in [2.24, 2.45) is 0 Å². The van der Waals surface area contributed by atoms with Gasteiger partial charge in [-0.3, -0.25) is 9.89 Å². The standard InChI is InChI=1S/C21H19FN6O/c1-14-18(12-25-28(14)17-9-7-16(22)8-10-17)21(29)26-19(11-20-23-13-24-27-20)15-5-3-2-4-6-15/h2-10,12-13,19H,11H2,1H3,(H,26,29)(H,23,24,27)/t19-/m1/s1. The van der Waals surface area contributed by atoms with Gasteiger partial charge in [-0.15, -0.1) is 0 Å². The summed E-state index contributed by atoms with van der Waals surface area (Å²) in [5, 5.41) is 14.1. The minimum absolute atomic E-state index is 0.246. The van der Waals surface area contributed by atoms with E-state index in [4.69, 9.17) is 0 Å². The smallest absolute Gasteiger partial charge is 0.255 e. The number of nitrogens with zero attached hydrogens (tertiary/aromatic N) is 4. The number of benzene rings is 2. The Kier molecular flexibility index (Phi) is 5.15. The molecule has 0 spiro atoms. The van der Waals surface area contributed by atoms with Crippen molar-refractivity contribution in [2.45, 2.75) is 19.4 Å². The summed E-state index contributed by atoms with van der Waals surface area (Å²) in [6, 6.07) is 15.4. The van der Waals surface area contributed by atoms with E-state index >= 15 is 0 Å². The Morgan fingerprint density at radius 3 is 2.62 bits per heavy atom. The lowest BCUT2D eigenvalue weighted by atomic mass is 10.0. The lowest BCUT2D eigenvalue weighted by Gasteiger charge is -2.18. The third kappa shape index (κ3) is 4.06. The van der Waals surface area contributed by atoms with Crippen LogP contribution in [0.3, 0.4) is 0 Å². The van der Waals surface area contributed by atoms with Gasteiger partial charge in [0.05, 0.1) is 29.2 Å². The minimum Gasteiger partial charge on any atom is -0.345 e. The molecule has 2 aromatic carbocycles. The van der Waals surface area contributed by atoms with Crippen molar-refractivity contribution < 1.29 is 9.18 Å². The molecule has 1 atom stereocenters. The third-order valence-corrected chi connectivity index (χ3v) is 4.70. The second-order valence-electron chi connectivity index (χ2n) is 6.60. The molecule has 2 N–H and O–H groups in total. The van der Waals surface area contributed by atoms with Crippen molar-refractivity contribution in [1.82, 2.24) is 30.3 Å². The maximum atomic E-state index is 13.2. The quantitative estimate of drug-likeness (QED) is 0.529. The van der Waals surface area contributed by atoms with E-state index in [9.17, 15) is 9.18 Å². The highest BCUT2D eigenvalue weighted by atomic mass is 19.1. The third-order valence-electron chi connectivity index (χ3n) is 4.70. The van der Waals surface area contributed by atoms with E-state index in [1.807, 2.05) is 30.3 Å². The number of nitrogens with one attached hydrogen (secondary N) is 2. The molecule has 4 rings (SSSR count). The van der Waals surface area contributed by atoms with E-state index in [2.05, 4.69) is 25.6 Å². The van der Waals surface area contributed by atoms with Crippen LogP contribution in [-0.2, 0) is 6.42 Å². The highest BCUT2D eigenvalue weighted by Gasteiger charge is 2.21. The zero-order valence-corrected chi connectivity index (χ0v) is 15.7. The van der Waals surface area contributed by atoms with Gasteiger partial charge in [-0.1, -0.05) is 30.3 Å². The fraction of sp³-hybridized carbons (Fsp3) is 0.143. The van der Waals surface area contributed by atoms with Crippen molar-refractivity contribution in [3.8, 4) is 5.69 Å². The average Bonchev–Trinajstić information content (AvgIpc) is 3.38. The number of halogens is 1. The highest BCUT2D eigenvalue weighted by molar-refractivity contribution is 5.95. The molecule has 0 saturated carbocycles. The van der Waals surface area contributed by atoms with Gasteiger partial charge in [-0.25, -0.2) is 14.1 Å². The van der Waals surface area contributed by atoms with Gasteiger partial charge in [-0.05, 0) is 36.8 Å². The van der Waals surface area contributed by atoms with E-state index in [0.29, 0.717) is 29.2 Å². The largest absolute Gasteiger partial charge is 0.345 e. The van der Waals surface area contributed by atoms with E-state index in [-0.39, 0.29) is 17.8 Å². The Hall–Kier alpha value is -3.81. The minimum atomic E-state index is -0.324. The zero-order chi connectivity index (χ0) is 20.2. The second-order valence-corrected chi connectivity index (χ2v) is 6.60. The molecule has 7 nitrogen and oxygen atoms in total. The summed E-state index contributed by atoms with van der Waals surface area (Å²) < 4.78 is 14.8. The predicted octanol–water partition coefficient (Wildman–Crippen LogP) is 3.15. The summed E-state index contributed by atoms with van der Waals surface area (Å²) in [5.41, 5.74) is 2.76. The van der Waals surface area contributed by atoms with Crippen LogP contribution in [-0.4, -0.2) is 30.9 Å². The number of rotatable bonds is 6. The second kappa shape index (κ2) is 8.05. The number of aromatic amines is 1. The first-order chi connectivity index (χ1) is 14.1. The number of aromatic nitrogens is 5. The number of hydrogen-bond donors (Lipinski definition) is 2. The van der Waals surface area contributed by atoms with Gasteiger partial charge in [0.1, 0.15) is 18.0 Å². The van der Waals surface area contributed by atoms with Crippen LogP contribution < -0.4 is 5.32 Å². The van der Waals surface area contributed by atoms with E-state index in [0.717, 1.165) is 5.56 Å². The number of H-pyrrole nitrogens is 1. The molecule has 1 amide bonds. The van der Waals surface area contributed by atoms with Crippen LogP contribution in [0.5, 0.6) is 0 Å². The molecule has 0 aliphatic carbocycles. The molecular weight excluding hydrogens is 371 g/mol. The first kappa shape index (κ1) is 18.5. The summed E-state index contributed by atoms with van der Waals surface area (Å²) in [7, 11) is 0. The summed E-state index contributed by atoms with van der Waals surface area (Å²) in [6.45, 7) is 1.80. The Morgan fingerprint density at radius 1 is 1.17 bits per heavy atom. The molecule has 0 unspecified atom stereocenters. The van der Waals surface area contributed by atoms with Gasteiger partial charge in [0, 0.05) is 6.42 Å². The topological polar surface area (TPSA) is 88.5 Å². The van der Waals surface area contributed by atoms with Gasteiger partial charge >= 0.3 is 0 Å². The molecule has 0 fully saturated rings. The van der Waals surface area contributed by atoms with Gasteiger partial charge in [0.2, 0.25) is 0 Å². The Balaban J connectivity index is 1.58. The van der Waals surface area contributed by atoms with Crippen molar-refractivity contribution in [2.75, 3.05) is 0 Å². The number of carbonyl (C=O) groups is 1. The molecule has 146 valence electrons. The van der Waals surface area contributed by atoms with Crippen molar-refractivity contribution in [3.63, 3.8) is 0 Å². The number of hydrogen-bond acceptors (Lipinski definition) is 4. The average molecular weight is 390 g/mol. The fourth-order valence-corrected chi connectivity index (χ4v) is 3.17. The molecule has 29 heavy (non-hydrogen) atoms. The molecule has 4 aromatic rings. The van der Waals surface area contributed by atoms with Crippen LogP contribution >= 0.6 is 0 Å². The van der Waals surface area contributed by atoms with E-state index < -0.39 is 0 Å². The van der Waals surface area contributed by atoms with E-state index in [1.165, 1.54) is 24.7 Å². The van der Waals surface area contributed by atoms with Crippen molar-refractivity contribution in [3.05, 3.63) is 95.6 Å². The fourth-order valence-electron chi connectivity index (χ4n) is 3.17. The normalized spacial score (nSPS) is 11.9. The molecule has 2 aromatic heterocycles. The van der Waals surface area contributed by atoms with Crippen molar-refractivity contribution in [1.29, 1.82) is 0 Å². The molecule has 8 heteroatoms. The Labute approximate surface area is 166 Å². The van der Waals surface area contributed by atoms with Crippen LogP contribution in [0, 0.1) is 12.7 Å². The Morgan fingerprint density at radius 2 is 1.93 bits per heavy atom. The van der Waals surface area contributed by atoms with Gasteiger partial charge < -0.3 is 5.32 Å². The molecule has 0 bridgehead atoms. The maximum Gasteiger partial charge on any atom is 0.255 e. The predicted molar refractivity (Wildman–Crippen MR) is 105 cm³/mol.